The van der Waals surface area contributed by atoms with Gasteiger partial charge in [0.05, 0.1) is 31.3 Å². The van der Waals surface area contributed by atoms with E-state index in [9.17, 15) is 4.57 Å². The molecule has 2 aliphatic heterocycles. The predicted molar refractivity (Wildman–Crippen MR) is 97.9 cm³/mol. The summed E-state index contributed by atoms with van der Waals surface area (Å²) in [6, 6.07) is 0. The zero-order chi connectivity index (χ0) is 20.1. The number of anilines is 1. The molecule has 0 amide bonds. The molecule has 4 heterocycles. The molecule has 0 bridgehead atoms. The first kappa shape index (κ1) is 19.5. The Labute approximate surface area is 161 Å². The van der Waals surface area contributed by atoms with Gasteiger partial charge in [-0.15, -0.1) is 0 Å². The lowest BCUT2D eigenvalue weighted by Gasteiger charge is -2.43. The first-order chi connectivity index (χ1) is 13.3. The highest BCUT2D eigenvalue weighted by Gasteiger charge is 2.48. The summed E-state index contributed by atoms with van der Waals surface area (Å²) in [4.78, 5) is 12.4. The molecule has 0 radical (unpaired) electrons. The fraction of sp³-hybridized carbons (Fsp3) is 0.688. The second kappa shape index (κ2) is 7.22. The summed E-state index contributed by atoms with van der Waals surface area (Å²) in [6.45, 7) is 5.74. The molecule has 2 aromatic rings. The van der Waals surface area contributed by atoms with Crippen LogP contribution >= 0.6 is 7.60 Å². The SMILES string of the molecule is CCOc1nc(N)nc2c1ncn2[C@@H]1O[C@@H]2COP(=O)(C(C)C)OC2CC1F. The van der Waals surface area contributed by atoms with Crippen LogP contribution in [0.3, 0.4) is 0 Å². The molecule has 4 rings (SSSR count). The zero-order valence-electron chi connectivity index (χ0n) is 15.8. The van der Waals surface area contributed by atoms with Crippen LogP contribution in [0.4, 0.5) is 10.3 Å². The van der Waals surface area contributed by atoms with Gasteiger partial charge in [-0.2, -0.15) is 9.97 Å². The molecular weight excluding hydrogens is 392 g/mol. The Hall–Kier alpha value is -1.81. The number of nitrogen functional groups attached to an aromatic ring is 1. The number of hydrogen-bond acceptors (Lipinski definition) is 9. The number of aromatic nitrogens is 4. The first-order valence-corrected chi connectivity index (χ1v) is 10.8. The van der Waals surface area contributed by atoms with Gasteiger partial charge in [0, 0.05) is 6.42 Å². The van der Waals surface area contributed by atoms with E-state index in [4.69, 9.17) is 24.3 Å². The molecule has 0 spiro atoms. The summed E-state index contributed by atoms with van der Waals surface area (Å²) in [5.41, 5.74) is 6.14. The van der Waals surface area contributed by atoms with Crippen LogP contribution in [-0.4, -0.2) is 56.8 Å². The Morgan fingerprint density at radius 2 is 2.21 bits per heavy atom. The van der Waals surface area contributed by atoms with Crippen LogP contribution in [0.1, 0.15) is 33.4 Å². The number of imidazole rings is 1. The molecule has 2 fully saturated rings. The summed E-state index contributed by atoms with van der Waals surface area (Å²) >= 11 is 0. The van der Waals surface area contributed by atoms with E-state index >= 15 is 4.39 Å². The molecule has 0 saturated carbocycles. The van der Waals surface area contributed by atoms with E-state index in [1.807, 2.05) is 6.92 Å². The molecule has 154 valence electrons. The normalized spacial score (nSPS) is 33.2. The van der Waals surface area contributed by atoms with Gasteiger partial charge in [-0.1, -0.05) is 13.8 Å². The van der Waals surface area contributed by atoms with Crippen LogP contribution in [-0.2, 0) is 18.3 Å². The largest absolute Gasteiger partial charge is 0.476 e. The van der Waals surface area contributed by atoms with E-state index in [1.54, 1.807) is 13.8 Å². The first-order valence-electron chi connectivity index (χ1n) is 9.17. The van der Waals surface area contributed by atoms with Gasteiger partial charge in [0.1, 0.15) is 12.3 Å². The lowest BCUT2D eigenvalue weighted by atomic mass is 10.0. The fourth-order valence-electron chi connectivity index (χ4n) is 3.34. The molecule has 10 nitrogen and oxygen atoms in total. The molecule has 12 heteroatoms. The quantitative estimate of drug-likeness (QED) is 0.750. The van der Waals surface area contributed by atoms with E-state index in [0.717, 1.165) is 0 Å². The maximum absolute atomic E-state index is 15.0. The second-order valence-corrected chi connectivity index (χ2v) is 9.62. The number of ether oxygens (including phenoxy) is 2. The molecule has 3 unspecified atom stereocenters. The van der Waals surface area contributed by atoms with Gasteiger partial charge in [0.25, 0.3) is 0 Å². The van der Waals surface area contributed by atoms with Crippen molar-refractivity contribution in [3.8, 4) is 5.88 Å². The third-order valence-electron chi connectivity index (χ3n) is 4.79. The maximum Gasteiger partial charge on any atom is 0.333 e. The third kappa shape index (κ3) is 3.26. The molecule has 2 saturated heterocycles. The zero-order valence-corrected chi connectivity index (χ0v) is 16.7. The van der Waals surface area contributed by atoms with Gasteiger partial charge in [0.15, 0.2) is 17.4 Å². The van der Waals surface area contributed by atoms with Gasteiger partial charge in [-0.05, 0) is 6.92 Å². The topological polar surface area (TPSA) is 124 Å². The minimum Gasteiger partial charge on any atom is -0.476 e. The van der Waals surface area contributed by atoms with Crippen molar-refractivity contribution in [2.75, 3.05) is 18.9 Å². The molecule has 2 N–H and O–H groups in total. The van der Waals surface area contributed by atoms with Gasteiger partial charge >= 0.3 is 7.60 Å². The van der Waals surface area contributed by atoms with Crippen molar-refractivity contribution in [3.05, 3.63) is 6.33 Å². The van der Waals surface area contributed by atoms with Crippen molar-refractivity contribution in [3.63, 3.8) is 0 Å². The molecule has 0 aliphatic carbocycles. The summed E-state index contributed by atoms with van der Waals surface area (Å²) in [6.07, 6.45) is -2.18. The summed E-state index contributed by atoms with van der Waals surface area (Å²) in [7, 11) is -3.26. The van der Waals surface area contributed by atoms with Gasteiger partial charge < -0.3 is 24.3 Å². The molecule has 28 heavy (non-hydrogen) atoms. The highest BCUT2D eigenvalue weighted by Crippen LogP contribution is 2.58. The number of alkyl halides is 1. The third-order valence-corrected chi connectivity index (χ3v) is 7.13. The van der Waals surface area contributed by atoms with Crippen molar-refractivity contribution in [1.29, 1.82) is 0 Å². The highest BCUT2D eigenvalue weighted by atomic mass is 31.2. The monoisotopic (exact) mass is 415 g/mol. The van der Waals surface area contributed by atoms with Crippen LogP contribution in [0.25, 0.3) is 11.2 Å². The smallest absolute Gasteiger partial charge is 0.333 e. The Morgan fingerprint density at radius 3 is 2.93 bits per heavy atom. The van der Waals surface area contributed by atoms with Gasteiger partial charge in [0.2, 0.25) is 11.8 Å². The van der Waals surface area contributed by atoms with Crippen molar-refractivity contribution in [2.45, 2.75) is 57.5 Å². The van der Waals surface area contributed by atoms with Crippen LogP contribution in [0.2, 0.25) is 0 Å². The number of rotatable bonds is 4. The maximum atomic E-state index is 15.0. The molecule has 0 aromatic carbocycles. The van der Waals surface area contributed by atoms with Crippen LogP contribution in [0, 0.1) is 0 Å². The van der Waals surface area contributed by atoms with Gasteiger partial charge in [-0.3, -0.25) is 9.13 Å². The second-order valence-electron chi connectivity index (χ2n) is 7.03. The predicted octanol–water partition coefficient (Wildman–Crippen LogP) is 2.45. The Balaban J connectivity index is 1.62. The fourth-order valence-corrected chi connectivity index (χ4v) is 4.89. The summed E-state index contributed by atoms with van der Waals surface area (Å²) in [5, 5.41) is 0. The number of fused-ring (bicyclic) bond motifs is 2. The Kier molecular flexibility index (Phi) is 5.03. The Bertz CT molecular complexity index is 924. The van der Waals surface area contributed by atoms with E-state index in [-0.39, 0.29) is 30.5 Å². The minimum atomic E-state index is -3.26. The van der Waals surface area contributed by atoms with Crippen LogP contribution in [0.15, 0.2) is 6.33 Å². The van der Waals surface area contributed by atoms with Crippen molar-refractivity contribution in [1.82, 2.24) is 19.5 Å². The van der Waals surface area contributed by atoms with Crippen molar-refractivity contribution < 1.29 is 27.5 Å². The highest BCUT2D eigenvalue weighted by molar-refractivity contribution is 7.54. The van der Waals surface area contributed by atoms with E-state index in [2.05, 4.69) is 15.0 Å². The van der Waals surface area contributed by atoms with Crippen LogP contribution < -0.4 is 10.5 Å². The number of hydrogen-bond donors (Lipinski definition) is 1. The average Bonchev–Trinajstić information content (AvgIpc) is 3.05. The minimum absolute atomic E-state index is 0.0102. The number of halogens is 1. The lowest BCUT2D eigenvalue weighted by Crippen LogP contribution is -2.49. The van der Waals surface area contributed by atoms with Crippen molar-refractivity contribution >= 4 is 24.7 Å². The lowest BCUT2D eigenvalue weighted by molar-refractivity contribution is -0.195. The molecule has 2 aromatic heterocycles. The summed E-state index contributed by atoms with van der Waals surface area (Å²) < 4.78 is 51.5. The van der Waals surface area contributed by atoms with Gasteiger partial charge in [-0.25, -0.2) is 9.37 Å². The van der Waals surface area contributed by atoms with E-state index in [1.165, 1.54) is 10.9 Å². The summed E-state index contributed by atoms with van der Waals surface area (Å²) in [5.74, 6) is 0.221. The number of nitrogens with two attached hydrogens (primary N) is 1. The molecular formula is C16H23FN5O5P. The Morgan fingerprint density at radius 1 is 1.43 bits per heavy atom. The van der Waals surface area contributed by atoms with E-state index < -0.39 is 32.2 Å². The van der Waals surface area contributed by atoms with E-state index in [0.29, 0.717) is 17.8 Å². The number of nitrogens with zero attached hydrogens (tertiary/aromatic N) is 4. The molecule has 2 aliphatic rings. The molecule has 5 atom stereocenters. The standard InChI is InChI=1S/C16H23FN5O5P/c1-4-24-14-12-13(20-16(18)21-14)22(7-19-12)15-9(17)5-10-11(26-15)6-25-28(23,27-10)8(2)3/h7-11,15H,4-6H2,1-3H3,(H2,18,20,21)/t9?,10?,11-,15-,28?/m1/s1. The van der Waals surface area contributed by atoms with Crippen LogP contribution in [0.5, 0.6) is 5.88 Å². The van der Waals surface area contributed by atoms with Crippen molar-refractivity contribution in [2.24, 2.45) is 0 Å². The average molecular weight is 415 g/mol.